The normalized spacial score (nSPS) is 10.7. The van der Waals surface area contributed by atoms with Crippen LogP contribution in [0.5, 0.6) is 0 Å². The predicted octanol–water partition coefficient (Wildman–Crippen LogP) is 3.90. The van der Waals surface area contributed by atoms with Crippen LogP contribution in [0, 0.1) is 6.92 Å². The Morgan fingerprint density at radius 1 is 1.17 bits per heavy atom. The van der Waals surface area contributed by atoms with Crippen LogP contribution in [-0.4, -0.2) is 23.3 Å². The van der Waals surface area contributed by atoms with Crippen molar-refractivity contribution in [1.29, 1.82) is 0 Å². The Balaban J connectivity index is 2.42. The van der Waals surface area contributed by atoms with E-state index in [9.17, 15) is 9.59 Å². The number of aromatic nitrogens is 1. The van der Waals surface area contributed by atoms with Crippen LogP contribution in [0.3, 0.4) is 0 Å². The zero-order valence-corrected chi connectivity index (χ0v) is 13.1. The van der Waals surface area contributed by atoms with Gasteiger partial charge >= 0.3 is 5.97 Å². The second kappa shape index (κ2) is 6.08. The number of ether oxygens (including phenoxy) is 1. The van der Waals surface area contributed by atoms with Crippen LogP contribution in [0.1, 0.15) is 33.3 Å². The first-order valence-corrected chi connectivity index (χ1v) is 7.49. The Morgan fingerprint density at radius 3 is 2.57 bits per heavy atom. The molecule has 0 fully saturated rings. The molecule has 3 aromatic rings. The van der Waals surface area contributed by atoms with Crippen molar-refractivity contribution in [1.82, 2.24) is 4.40 Å². The van der Waals surface area contributed by atoms with Crippen molar-refractivity contribution in [3.05, 3.63) is 65.5 Å². The third kappa shape index (κ3) is 2.52. The molecule has 116 valence electrons. The Hall–Kier alpha value is -2.88. The smallest absolute Gasteiger partial charge is 0.340 e. The molecule has 2 aromatic heterocycles. The Bertz CT molecular complexity index is 879. The lowest BCUT2D eigenvalue weighted by Crippen LogP contribution is -2.05. The maximum atomic E-state index is 12.5. The van der Waals surface area contributed by atoms with Gasteiger partial charge < -0.3 is 9.14 Å². The van der Waals surface area contributed by atoms with Crippen LogP contribution < -0.4 is 0 Å². The maximum absolute atomic E-state index is 12.5. The summed E-state index contributed by atoms with van der Waals surface area (Å²) in [4.78, 5) is 24.3. The first-order chi connectivity index (χ1) is 11.2. The lowest BCUT2D eigenvalue weighted by molar-refractivity contribution is 0.0529. The highest BCUT2D eigenvalue weighted by Crippen LogP contribution is 2.33. The van der Waals surface area contributed by atoms with Crippen LogP contribution in [0.25, 0.3) is 16.6 Å². The molecule has 0 aliphatic heterocycles. The average Bonchev–Trinajstić information content (AvgIpc) is 2.89. The molecule has 1 aromatic carbocycles. The summed E-state index contributed by atoms with van der Waals surface area (Å²) in [6.07, 6.45) is 2.64. The van der Waals surface area contributed by atoms with Crippen molar-refractivity contribution in [3.8, 4) is 11.1 Å². The molecule has 4 heteroatoms. The molecule has 0 saturated heterocycles. The highest BCUT2D eigenvalue weighted by Gasteiger charge is 2.25. The van der Waals surface area contributed by atoms with Crippen molar-refractivity contribution in [2.24, 2.45) is 0 Å². The third-order valence-electron chi connectivity index (χ3n) is 3.77. The van der Waals surface area contributed by atoms with E-state index in [-0.39, 0.29) is 6.61 Å². The van der Waals surface area contributed by atoms with Crippen molar-refractivity contribution in [3.63, 3.8) is 0 Å². The van der Waals surface area contributed by atoms with Gasteiger partial charge in [-0.3, -0.25) is 4.79 Å². The van der Waals surface area contributed by atoms with E-state index >= 15 is 0 Å². The Kier molecular flexibility index (Phi) is 3.98. The molecule has 0 atom stereocenters. The average molecular weight is 307 g/mol. The van der Waals surface area contributed by atoms with E-state index in [4.69, 9.17) is 4.74 Å². The van der Waals surface area contributed by atoms with E-state index < -0.39 is 5.97 Å². The van der Waals surface area contributed by atoms with Crippen LogP contribution >= 0.6 is 0 Å². The molecule has 0 radical (unpaired) electrons. The summed E-state index contributed by atoms with van der Waals surface area (Å²) in [7, 11) is 0. The van der Waals surface area contributed by atoms with E-state index in [0.29, 0.717) is 22.3 Å². The van der Waals surface area contributed by atoms with Gasteiger partial charge in [-0.05, 0) is 31.0 Å². The molecule has 3 rings (SSSR count). The molecular formula is C19H17NO3. The van der Waals surface area contributed by atoms with Crippen LogP contribution in [0.2, 0.25) is 0 Å². The fraction of sp³-hybridized carbons (Fsp3) is 0.158. The molecule has 0 bridgehead atoms. The molecular weight excluding hydrogens is 290 g/mol. The molecule has 4 nitrogen and oxygen atoms in total. The number of esters is 1. The number of carbonyl (C=O) groups is 2. The highest BCUT2D eigenvalue weighted by molar-refractivity contribution is 6.09. The number of rotatable bonds is 4. The summed E-state index contributed by atoms with van der Waals surface area (Å²) >= 11 is 0. The molecule has 0 amide bonds. The van der Waals surface area contributed by atoms with E-state index in [1.165, 1.54) is 0 Å². The minimum absolute atomic E-state index is 0.284. The molecule has 23 heavy (non-hydrogen) atoms. The van der Waals surface area contributed by atoms with Gasteiger partial charge in [0.15, 0.2) is 6.29 Å². The molecule has 0 N–H and O–H groups in total. The van der Waals surface area contributed by atoms with Gasteiger partial charge in [-0.2, -0.15) is 0 Å². The number of carbonyl (C=O) groups excluding carboxylic acids is 2. The van der Waals surface area contributed by atoms with Gasteiger partial charge in [-0.1, -0.05) is 36.4 Å². The first kappa shape index (κ1) is 15.0. The number of pyridine rings is 1. The minimum atomic E-state index is -0.416. The summed E-state index contributed by atoms with van der Waals surface area (Å²) in [5.74, 6) is -0.416. The summed E-state index contributed by atoms with van der Waals surface area (Å²) in [6, 6.07) is 13.2. The summed E-state index contributed by atoms with van der Waals surface area (Å²) in [6.45, 7) is 4.00. The topological polar surface area (TPSA) is 47.8 Å². The van der Waals surface area contributed by atoms with Gasteiger partial charge in [0, 0.05) is 11.8 Å². The molecule has 2 heterocycles. The second-order valence-corrected chi connectivity index (χ2v) is 5.30. The van der Waals surface area contributed by atoms with E-state index in [1.54, 1.807) is 11.3 Å². The van der Waals surface area contributed by atoms with Crippen LogP contribution in [0.4, 0.5) is 0 Å². The SMILES string of the molecule is CCOC(=O)c1c(-c2ccccc2)c(C=O)n2cc(C)ccc12. The number of aldehydes is 1. The number of nitrogens with zero attached hydrogens (tertiary/aromatic N) is 1. The van der Waals surface area contributed by atoms with Gasteiger partial charge in [0.1, 0.15) is 0 Å². The van der Waals surface area contributed by atoms with Gasteiger partial charge in [0.05, 0.1) is 23.4 Å². The van der Waals surface area contributed by atoms with E-state index in [0.717, 1.165) is 17.4 Å². The van der Waals surface area contributed by atoms with Crippen molar-refractivity contribution in [2.45, 2.75) is 13.8 Å². The molecule has 0 spiro atoms. The van der Waals surface area contributed by atoms with Crippen molar-refractivity contribution < 1.29 is 14.3 Å². The third-order valence-corrected chi connectivity index (χ3v) is 3.77. The molecule has 0 aliphatic carbocycles. The Labute approximate surface area is 134 Å². The molecule has 0 unspecified atom stereocenters. The quantitative estimate of drug-likeness (QED) is 0.542. The molecule has 0 saturated carbocycles. The lowest BCUT2D eigenvalue weighted by Gasteiger charge is -2.05. The number of fused-ring (bicyclic) bond motifs is 1. The zero-order valence-electron chi connectivity index (χ0n) is 13.1. The monoisotopic (exact) mass is 307 g/mol. The summed E-state index contributed by atoms with van der Waals surface area (Å²) < 4.78 is 6.98. The molecule has 0 aliphatic rings. The van der Waals surface area contributed by atoms with Crippen LogP contribution in [0.15, 0.2) is 48.7 Å². The van der Waals surface area contributed by atoms with Gasteiger partial charge in [-0.15, -0.1) is 0 Å². The van der Waals surface area contributed by atoms with Gasteiger partial charge in [0.25, 0.3) is 0 Å². The van der Waals surface area contributed by atoms with Crippen LogP contribution in [-0.2, 0) is 4.74 Å². The lowest BCUT2D eigenvalue weighted by atomic mass is 10.0. The van der Waals surface area contributed by atoms with Crippen molar-refractivity contribution in [2.75, 3.05) is 6.61 Å². The van der Waals surface area contributed by atoms with Gasteiger partial charge in [-0.25, -0.2) is 4.79 Å². The number of hydrogen-bond donors (Lipinski definition) is 0. The first-order valence-electron chi connectivity index (χ1n) is 7.49. The largest absolute Gasteiger partial charge is 0.462 e. The zero-order chi connectivity index (χ0) is 16.4. The summed E-state index contributed by atoms with van der Waals surface area (Å²) in [5, 5.41) is 0. The maximum Gasteiger partial charge on any atom is 0.340 e. The number of hydrogen-bond acceptors (Lipinski definition) is 3. The predicted molar refractivity (Wildman–Crippen MR) is 88.9 cm³/mol. The summed E-state index contributed by atoms with van der Waals surface area (Å²) in [5.41, 5.74) is 4.00. The minimum Gasteiger partial charge on any atom is -0.462 e. The Morgan fingerprint density at radius 2 is 1.91 bits per heavy atom. The highest BCUT2D eigenvalue weighted by atomic mass is 16.5. The fourth-order valence-electron chi connectivity index (χ4n) is 2.81. The van der Waals surface area contributed by atoms with Crippen molar-refractivity contribution >= 4 is 17.8 Å². The van der Waals surface area contributed by atoms with E-state index in [2.05, 4.69) is 0 Å². The second-order valence-electron chi connectivity index (χ2n) is 5.30. The van der Waals surface area contributed by atoms with Gasteiger partial charge in [0.2, 0.25) is 0 Å². The fourth-order valence-corrected chi connectivity index (χ4v) is 2.81. The number of benzene rings is 1. The van der Waals surface area contributed by atoms with E-state index in [1.807, 2.05) is 55.6 Å². The standard InChI is InChI=1S/C19H17NO3/c1-3-23-19(22)18-15-10-9-13(2)11-20(15)16(12-21)17(18)14-7-5-4-6-8-14/h4-12H,3H2,1-2H3. The number of aryl methyl sites for hydroxylation is 1.